The lowest BCUT2D eigenvalue weighted by molar-refractivity contribution is 0.00777. The van der Waals surface area contributed by atoms with Crippen molar-refractivity contribution in [1.82, 2.24) is 15.1 Å². The summed E-state index contributed by atoms with van der Waals surface area (Å²) < 4.78 is 32.2. The highest BCUT2D eigenvalue weighted by atomic mass is 35.5. The van der Waals surface area contributed by atoms with E-state index in [2.05, 4.69) is 20.4 Å². The van der Waals surface area contributed by atoms with Gasteiger partial charge in [-0.05, 0) is 36.1 Å². The van der Waals surface area contributed by atoms with Crippen molar-refractivity contribution in [1.29, 1.82) is 0 Å². The number of aromatic nitrogens is 3. The SMILES string of the molecule is CNc1ncc(Cl)cc1-c1noc(-c2ccc([C@H]3CCC(F)(F)C3)cc2)n1. The first-order chi connectivity index (χ1) is 12.9. The fourth-order valence-corrected chi connectivity index (χ4v) is 3.55. The Morgan fingerprint density at radius 3 is 2.70 bits per heavy atom. The summed E-state index contributed by atoms with van der Waals surface area (Å²) in [5, 5.41) is 7.44. The normalized spacial score (nSPS) is 18.6. The molecule has 1 aromatic carbocycles. The second kappa shape index (κ2) is 6.88. The van der Waals surface area contributed by atoms with Crippen LogP contribution in [0.2, 0.25) is 5.02 Å². The summed E-state index contributed by atoms with van der Waals surface area (Å²) in [6, 6.07) is 9.05. The highest BCUT2D eigenvalue weighted by Crippen LogP contribution is 2.44. The van der Waals surface area contributed by atoms with Crippen LogP contribution in [0.5, 0.6) is 0 Å². The van der Waals surface area contributed by atoms with Gasteiger partial charge in [-0.15, -0.1) is 0 Å². The first-order valence-corrected chi connectivity index (χ1v) is 8.98. The molecule has 2 heterocycles. The molecule has 1 atom stereocenters. The quantitative estimate of drug-likeness (QED) is 0.646. The van der Waals surface area contributed by atoms with E-state index in [1.807, 2.05) is 24.3 Å². The first kappa shape index (κ1) is 17.9. The van der Waals surface area contributed by atoms with Crippen LogP contribution in [0.25, 0.3) is 22.8 Å². The van der Waals surface area contributed by atoms with Crippen molar-refractivity contribution in [2.45, 2.75) is 31.1 Å². The van der Waals surface area contributed by atoms with E-state index in [1.54, 1.807) is 13.1 Å². The maximum absolute atomic E-state index is 13.4. The zero-order valence-electron chi connectivity index (χ0n) is 14.5. The number of alkyl halides is 2. The lowest BCUT2D eigenvalue weighted by atomic mass is 9.96. The van der Waals surface area contributed by atoms with Gasteiger partial charge in [-0.25, -0.2) is 13.8 Å². The number of nitrogens with one attached hydrogen (secondary N) is 1. The summed E-state index contributed by atoms with van der Waals surface area (Å²) in [7, 11) is 1.74. The fraction of sp³-hybridized carbons (Fsp3) is 0.316. The Morgan fingerprint density at radius 1 is 1.26 bits per heavy atom. The molecule has 1 aliphatic rings. The predicted molar refractivity (Wildman–Crippen MR) is 99.1 cm³/mol. The molecular weight excluding hydrogens is 374 g/mol. The number of rotatable bonds is 4. The van der Waals surface area contributed by atoms with Crippen LogP contribution in [-0.4, -0.2) is 28.1 Å². The molecule has 0 radical (unpaired) electrons. The Balaban J connectivity index is 1.58. The molecular formula is C19H17ClF2N4O. The van der Waals surface area contributed by atoms with Crippen LogP contribution in [0.15, 0.2) is 41.1 Å². The van der Waals surface area contributed by atoms with Crippen LogP contribution in [-0.2, 0) is 0 Å². The fourth-order valence-electron chi connectivity index (χ4n) is 3.39. The van der Waals surface area contributed by atoms with Crippen molar-refractivity contribution in [2.75, 3.05) is 12.4 Å². The van der Waals surface area contributed by atoms with Crippen LogP contribution in [0.3, 0.4) is 0 Å². The average molecular weight is 391 g/mol. The van der Waals surface area contributed by atoms with Gasteiger partial charge in [0.1, 0.15) is 5.82 Å². The Bertz CT molecular complexity index is 959. The summed E-state index contributed by atoms with van der Waals surface area (Å²) >= 11 is 6.02. The molecule has 140 valence electrons. The second-order valence-corrected chi connectivity index (χ2v) is 7.08. The molecule has 0 aliphatic heterocycles. The molecule has 8 heteroatoms. The number of pyridine rings is 1. The van der Waals surface area contributed by atoms with E-state index < -0.39 is 5.92 Å². The number of hydrogen-bond donors (Lipinski definition) is 1. The molecule has 0 amide bonds. The minimum atomic E-state index is -2.55. The first-order valence-electron chi connectivity index (χ1n) is 8.61. The molecule has 4 rings (SSSR count). The molecule has 1 N–H and O–H groups in total. The summed E-state index contributed by atoms with van der Waals surface area (Å²) in [5.74, 6) is -1.37. The van der Waals surface area contributed by atoms with Crippen LogP contribution in [0.1, 0.15) is 30.7 Å². The second-order valence-electron chi connectivity index (χ2n) is 6.64. The lowest BCUT2D eigenvalue weighted by Gasteiger charge is -2.11. The predicted octanol–water partition coefficient (Wildman–Crippen LogP) is 5.40. The Hall–Kier alpha value is -2.54. The maximum Gasteiger partial charge on any atom is 0.258 e. The molecule has 0 bridgehead atoms. The van der Waals surface area contributed by atoms with E-state index in [-0.39, 0.29) is 18.8 Å². The molecule has 1 fully saturated rings. The minimum Gasteiger partial charge on any atom is -0.373 e. The molecule has 3 aromatic rings. The van der Waals surface area contributed by atoms with Crippen LogP contribution >= 0.6 is 11.6 Å². The summed E-state index contributed by atoms with van der Waals surface area (Å²) in [4.78, 5) is 8.61. The lowest BCUT2D eigenvalue weighted by Crippen LogP contribution is -2.09. The third kappa shape index (κ3) is 3.64. The smallest absolute Gasteiger partial charge is 0.258 e. The molecule has 0 saturated heterocycles. The molecule has 0 spiro atoms. The van der Waals surface area contributed by atoms with E-state index in [0.29, 0.717) is 34.5 Å². The van der Waals surface area contributed by atoms with Crippen molar-refractivity contribution >= 4 is 17.4 Å². The van der Waals surface area contributed by atoms with Gasteiger partial charge in [-0.3, -0.25) is 0 Å². The maximum atomic E-state index is 13.4. The molecule has 5 nitrogen and oxygen atoms in total. The van der Waals surface area contributed by atoms with Gasteiger partial charge in [0.25, 0.3) is 5.89 Å². The van der Waals surface area contributed by atoms with E-state index >= 15 is 0 Å². The monoisotopic (exact) mass is 390 g/mol. The average Bonchev–Trinajstić information content (AvgIpc) is 3.28. The Labute approximate surface area is 159 Å². The van der Waals surface area contributed by atoms with Gasteiger partial charge >= 0.3 is 0 Å². The molecule has 2 aromatic heterocycles. The number of nitrogens with zero attached hydrogens (tertiary/aromatic N) is 3. The molecule has 1 aliphatic carbocycles. The minimum absolute atomic E-state index is 0.0477. The molecule has 27 heavy (non-hydrogen) atoms. The van der Waals surface area contributed by atoms with Gasteiger partial charge in [0, 0.05) is 31.6 Å². The van der Waals surface area contributed by atoms with E-state index in [4.69, 9.17) is 16.1 Å². The number of benzene rings is 1. The van der Waals surface area contributed by atoms with Crippen LogP contribution in [0, 0.1) is 0 Å². The molecule has 0 unspecified atom stereocenters. The zero-order valence-corrected chi connectivity index (χ0v) is 15.3. The largest absolute Gasteiger partial charge is 0.373 e. The molecule has 1 saturated carbocycles. The van der Waals surface area contributed by atoms with Gasteiger partial charge in [0.15, 0.2) is 0 Å². The van der Waals surface area contributed by atoms with Gasteiger partial charge < -0.3 is 9.84 Å². The summed E-state index contributed by atoms with van der Waals surface area (Å²) in [5.41, 5.74) is 2.26. The number of hydrogen-bond acceptors (Lipinski definition) is 5. The van der Waals surface area contributed by atoms with Gasteiger partial charge in [-0.1, -0.05) is 28.9 Å². The number of halogens is 3. The standard InChI is InChI=1S/C19H17ClF2N4O/c1-23-16-15(8-14(20)10-24-16)17-25-18(27-26-17)12-4-2-11(3-5-12)13-6-7-19(21,22)9-13/h2-5,8,10,13H,6-7,9H2,1H3,(H,23,24)/t13-/m0/s1. The van der Waals surface area contributed by atoms with Crippen molar-refractivity contribution in [3.05, 3.63) is 47.1 Å². The highest BCUT2D eigenvalue weighted by molar-refractivity contribution is 6.30. The van der Waals surface area contributed by atoms with Gasteiger partial charge in [-0.2, -0.15) is 4.98 Å². The summed E-state index contributed by atoms with van der Waals surface area (Å²) in [6.45, 7) is 0. The van der Waals surface area contributed by atoms with Gasteiger partial charge in [0.05, 0.1) is 10.6 Å². The third-order valence-electron chi connectivity index (χ3n) is 4.79. The van der Waals surface area contributed by atoms with Gasteiger partial charge in [0.2, 0.25) is 11.7 Å². The Morgan fingerprint density at radius 2 is 2.04 bits per heavy atom. The Kier molecular flexibility index (Phi) is 4.55. The highest BCUT2D eigenvalue weighted by Gasteiger charge is 2.39. The van der Waals surface area contributed by atoms with E-state index in [9.17, 15) is 8.78 Å². The van der Waals surface area contributed by atoms with Crippen molar-refractivity contribution in [2.24, 2.45) is 0 Å². The number of anilines is 1. The third-order valence-corrected chi connectivity index (χ3v) is 5.00. The van der Waals surface area contributed by atoms with Crippen LogP contribution < -0.4 is 5.32 Å². The zero-order chi connectivity index (χ0) is 19.0. The van der Waals surface area contributed by atoms with E-state index in [0.717, 1.165) is 11.1 Å². The summed E-state index contributed by atoms with van der Waals surface area (Å²) in [6.07, 6.45) is 1.90. The van der Waals surface area contributed by atoms with Crippen molar-refractivity contribution in [3.63, 3.8) is 0 Å². The topological polar surface area (TPSA) is 63.8 Å². The van der Waals surface area contributed by atoms with Crippen molar-refractivity contribution < 1.29 is 13.3 Å². The van der Waals surface area contributed by atoms with Crippen molar-refractivity contribution in [3.8, 4) is 22.8 Å². The van der Waals surface area contributed by atoms with E-state index in [1.165, 1.54) is 6.20 Å². The van der Waals surface area contributed by atoms with Crippen LogP contribution in [0.4, 0.5) is 14.6 Å².